The van der Waals surface area contributed by atoms with Crippen molar-refractivity contribution in [2.45, 2.75) is 12.8 Å². The molecule has 33 heavy (non-hydrogen) atoms. The summed E-state index contributed by atoms with van der Waals surface area (Å²) in [6.45, 7) is 0.477. The van der Waals surface area contributed by atoms with Crippen LogP contribution in [-0.2, 0) is 9.59 Å². The molecule has 0 aliphatic carbocycles. The lowest BCUT2D eigenvalue weighted by atomic mass is 10.0. The van der Waals surface area contributed by atoms with E-state index in [-0.39, 0.29) is 18.4 Å². The van der Waals surface area contributed by atoms with Gasteiger partial charge in [0, 0.05) is 35.3 Å². The molecule has 1 heterocycles. The highest BCUT2D eigenvalue weighted by molar-refractivity contribution is 6.13. The van der Waals surface area contributed by atoms with Gasteiger partial charge in [-0.2, -0.15) is 5.10 Å². The molecule has 4 rings (SSSR count). The fourth-order valence-corrected chi connectivity index (χ4v) is 3.62. The van der Waals surface area contributed by atoms with Crippen molar-refractivity contribution in [2.75, 3.05) is 18.0 Å². The van der Waals surface area contributed by atoms with Gasteiger partial charge in [-0.25, -0.2) is 5.43 Å². The molecule has 3 aromatic rings. The predicted molar refractivity (Wildman–Crippen MR) is 127 cm³/mol. The van der Waals surface area contributed by atoms with Gasteiger partial charge < -0.3 is 10.2 Å². The average Bonchev–Trinajstić information content (AvgIpc) is 3.30. The van der Waals surface area contributed by atoms with Crippen molar-refractivity contribution >= 4 is 29.1 Å². The second kappa shape index (κ2) is 10.4. The van der Waals surface area contributed by atoms with Crippen LogP contribution in [0.4, 0.5) is 5.69 Å². The van der Waals surface area contributed by atoms with Crippen LogP contribution in [0.25, 0.3) is 0 Å². The smallest absolute Gasteiger partial charge is 0.259 e. The maximum atomic E-state index is 12.4. The van der Waals surface area contributed by atoms with Crippen molar-refractivity contribution in [3.8, 4) is 0 Å². The Morgan fingerprint density at radius 3 is 1.97 bits per heavy atom. The summed E-state index contributed by atoms with van der Waals surface area (Å²) in [5.74, 6) is -0.721. The van der Waals surface area contributed by atoms with Crippen LogP contribution < -0.4 is 15.6 Å². The highest BCUT2D eigenvalue weighted by atomic mass is 16.2. The number of hydrazone groups is 1. The topological polar surface area (TPSA) is 90.9 Å². The summed E-state index contributed by atoms with van der Waals surface area (Å²) in [6.07, 6.45) is 1.39. The van der Waals surface area contributed by atoms with E-state index in [9.17, 15) is 14.4 Å². The SMILES string of the molecule is O=C(CNC(=O)c1ccc(N2CCCC2=O)cc1)NN=C(c1ccccc1)c1ccccc1. The van der Waals surface area contributed by atoms with Gasteiger partial charge in [0.15, 0.2) is 0 Å². The van der Waals surface area contributed by atoms with Gasteiger partial charge in [-0.05, 0) is 30.7 Å². The summed E-state index contributed by atoms with van der Waals surface area (Å²) in [5, 5.41) is 6.91. The van der Waals surface area contributed by atoms with Gasteiger partial charge in [0.1, 0.15) is 0 Å². The van der Waals surface area contributed by atoms with Crippen LogP contribution in [0.1, 0.15) is 34.3 Å². The molecule has 1 aliphatic rings. The van der Waals surface area contributed by atoms with Gasteiger partial charge in [-0.1, -0.05) is 60.7 Å². The first-order valence-electron chi connectivity index (χ1n) is 10.8. The number of benzene rings is 3. The van der Waals surface area contributed by atoms with E-state index in [0.29, 0.717) is 24.2 Å². The van der Waals surface area contributed by atoms with Crippen molar-refractivity contribution < 1.29 is 14.4 Å². The third-order valence-corrected chi connectivity index (χ3v) is 5.31. The van der Waals surface area contributed by atoms with E-state index in [1.807, 2.05) is 60.7 Å². The van der Waals surface area contributed by atoms with E-state index < -0.39 is 5.91 Å². The number of carbonyl (C=O) groups is 3. The number of hydrogen-bond acceptors (Lipinski definition) is 4. The summed E-state index contributed by atoms with van der Waals surface area (Å²) < 4.78 is 0. The molecule has 2 N–H and O–H groups in total. The van der Waals surface area contributed by atoms with Gasteiger partial charge >= 0.3 is 0 Å². The van der Waals surface area contributed by atoms with Gasteiger partial charge in [0.05, 0.1) is 12.3 Å². The normalized spacial score (nSPS) is 12.8. The number of carbonyl (C=O) groups excluding carboxylic acids is 3. The minimum atomic E-state index is -0.438. The van der Waals surface area contributed by atoms with Crippen LogP contribution in [0.5, 0.6) is 0 Å². The Balaban J connectivity index is 1.36. The molecule has 0 bridgehead atoms. The van der Waals surface area contributed by atoms with E-state index in [1.165, 1.54) is 0 Å². The molecular formula is C26H24N4O3. The van der Waals surface area contributed by atoms with Gasteiger partial charge in [0.2, 0.25) is 5.91 Å². The highest BCUT2D eigenvalue weighted by Gasteiger charge is 2.21. The molecule has 1 saturated heterocycles. The average molecular weight is 441 g/mol. The molecule has 1 aliphatic heterocycles. The van der Waals surface area contributed by atoms with Crippen LogP contribution >= 0.6 is 0 Å². The minimum Gasteiger partial charge on any atom is -0.343 e. The molecule has 0 spiro atoms. The number of hydrogen-bond donors (Lipinski definition) is 2. The van der Waals surface area contributed by atoms with Crippen molar-refractivity contribution in [1.82, 2.24) is 10.7 Å². The third kappa shape index (κ3) is 5.51. The molecule has 7 heteroatoms. The Labute approximate surface area is 192 Å². The highest BCUT2D eigenvalue weighted by Crippen LogP contribution is 2.21. The number of nitrogens with one attached hydrogen (secondary N) is 2. The summed E-state index contributed by atoms with van der Waals surface area (Å²) in [4.78, 5) is 38.3. The number of rotatable bonds is 7. The zero-order valence-electron chi connectivity index (χ0n) is 18.0. The monoisotopic (exact) mass is 440 g/mol. The number of nitrogens with zero attached hydrogens (tertiary/aromatic N) is 2. The molecular weight excluding hydrogens is 416 g/mol. The first-order valence-corrected chi connectivity index (χ1v) is 10.8. The van der Waals surface area contributed by atoms with Crippen molar-refractivity contribution in [1.29, 1.82) is 0 Å². The Hall–Kier alpha value is -4.26. The van der Waals surface area contributed by atoms with Gasteiger partial charge in [0.25, 0.3) is 11.8 Å². The molecule has 166 valence electrons. The van der Waals surface area contributed by atoms with E-state index in [0.717, 1.165) is 23.2 Å². The van der Waals surface area contributed by atoms with Gasteiger partial charge in [-0.3, -0.25) is 14.4 Å². The first-order chi connectivity index (χ1) is 16.1. The quantitative estimate of drug-likeness (QED) is 0.437. The van der Waals surface area contributed by atoms with E-state index in [2.05, 4.69) is 15.8 Å². The summed E-state index contributed by atoms with van der Waals surface area (Å²) in [6, 6.07) is 25.9. The fraction of sp³-hybridized carbons (Fsp3) is 0.154. The Kier molecular flexibility index (Phi) is 6.90. The molecule has 0 aromatic heterocycles. The summed E-state index contributed by atoms with van der Waals surface area (Å²) in [5.41, 5.74) is 6.07. The third-order valence-electron chi connectivity index (χ3n) is 5.31. The molecule has 0 saturated carbocycles. The summed E-state index contributed by atoms with van der Waals surface area (Å²) in [7, 11) is 0. The zero-order valence-corrected chi connectivity index (χ0v) is 18.0. The largest absolute Gasteiger partial charge is 0.343 e. The lowest BCUT2D eigenvalue weighted by Crippen LogP contribution is -2.35. The maximum Gasteiger partial charge on any atom is 0.259 e. The van der Waals surface area contributed by atoms with Crippen molar-refractivity contribution in [2.24, 2.45) is 5.10 Å². The molecule has 0 unspecified atom stereocenters. The summed E-state index contributed by atoms with van der Waals surface area (Å²) >= 11 is 0. The Morgan fingerprint density at radius 1 is 0.818 bits per heavy atom. The Morgan fingerprint density at radius 2 is 1.42 bits per heavy atom. The predicted octanol–water partition coefficient (Wildman–Crippen LogP) is 3.11. The van der Waals surface area contributed by atoms with Crippen LogP contribution in [0, 0.1) is 0 Å². The van der Waals surface area contributed by atoms with E-state index in [4.69, 9.17) is 0 Å². The van der Waals surface area contributed by atoms with Crippen LogP contribution in [0.15, 0.2) is 90.0 Å². The first kappa shape index (κ1) is 22.0. The van der Waals surface area contributed by atoms with E-state index >= 15 is 0 Å². The number of amides is 3. The molecule has 0 atom stereocenters. The lowest BCUT2D eigenvalue weighted by molar-refractivity contribution is -0.120. The van der Waals surface area contributed by atoms with E-state index in [1.54, 1.807) is 29.2 Å². The molecule has 3 amide bonds. The standard InChI is InChI=1S/C26H24N4O3/c31-23(28-29-25(19-8-3-1-4-9-19)20-10-5-2-6-11-20)18-27-26(33)21-13-15-22(16-14-21)30-17-7-12-24(30)32/h1-6,8-11,13-16H,7,12,17-18H2,(H,27,33)(H,28,31). The molecule has 1 fully saturated rings. The van der Waals surface area contributed by atoms with Crippen LogP contribution in [0.2, 0.25) is 0 Å². The molecule has 0 radical (unpaired) electrons. The Bertz CT molecular complexity index is 1120. The van der Waals surface area contributed by atoms with Gasteiger partial charge in [-0.15, -0.1) is 0 Å². The lowest BCUT2D eigenvalue weighted by Gasteiger charge is -2.15. The minimum absolute atomic E-state index is 0.0924. The van der Waals surface area contributed by atoms with Crippen molar-refractivity contribution in [3.05, 3.63) is 102 Å². The second-order valence-electron chi connectivity index (χ2n) is 7.61. The number of anilines is 1. The molecule has 3 aromatic carbocycles. The maximum absolute atomic E-state index is 12.4. The van der Waals surface area contributed by atoms with Crippen molar-refractivity contribution in [3.63, 3.8) is 0 Å². The zero-order chi connectivity index (χ0) is 23.0. The van der Waals surface area contributed by atoms with Crippen LogP contribution in [-0.4, -0.2) is 36.5 Å². The second-order valence-corrected chi connectivity index (χ2v) is 7.61. The molecule has 7 nitrogen and oxygen atoms in total. The van der Waals surface area contributed by atoms with Crippen LogP contribution in [0.3, 0.4) is 0 Å². The fourth-order valence-electron chi connectivity index (χ4n) is 3.62.